The fourth-order valence-corrected chi connectivity index (χ4v) is 6.59. The van der Waals surface area contributed by atoms with Crippen LogP contribution in [0.5, 0.6) is 0 Å². The van der Waals surface area contributed by atoms with Crippen molar-refractivity contribution in [3.8, 4) is 0 Å². The van der Waals surface area contributed by atoms with Gasteiger partial charge in [0.1, 0.15) is 11.9 Å². The summed E-state index contributed by atoms with van der Waals surface area (Å²) < 4.78 is 5.57. The van der Waals surface area contributed by atoms with Gasteiger partial charge in [0.05, 0.1) is 11.5 Å². The van der Waals surface area contributed by atoms with Crippen molar-refractivity contribution in [2.45, 2.75) is 51.2 Å². The largest absolute Gasteiger partial charge is 0.462 e. The monoisotopic (exact) mass is 316 g/mol. The van der Waals surface area contributed by atoms with Gasteiger partial charge in [-0.25, -0.2) is 0 Å². The Morgan fingerprint density at radius 1 is 1.13 bits per heavy atom. The van der Waals surface area contributed by atoms with Gasteiger partial charge >= 0.3 is 5.97 Å². The molecule has 4 heteroatoms. The molecule has 6 aliphatic rings. The second-order valence-electron chi connectivity index (χ2n) is 8.63. The Morgan fingerprint density at radius 3 is 2.74 bits per heavy atom. The molecular formula is C19H24O4. The molecule has 2 aliphatic heterocycles. The van der Waals surface area contributed by atoms with Gasteiger partial charge in [0.2, 0.25) is 0 Å². The number of aliphatic hydroxyl groups is 1. The molecule has 0 aromatic rings. The number of Topliss-reactive ketones (excluding diaryl/α,β-unsaturated/α-hetero) is 1. The first kappa shape index (κ1) is 14.2. The lowest BCUT2D eigenvalue weighted by Crippen LogP contribution is -2.64. The molecule has 3 saturated carbocycles. The van der Waals surface area contributed by atoms with Crippen molar-refractivity contribution in [3.05, 3.63) is 12.2 Å². The molecule has 4 aliphatic carbocycles. The van der Waals surface area contributed by atoms with E-state index in [2.05, 4.69) is 12.2 Å². The molecule has 1 N–H and O–H groups in total. The predicted molar refractivity (Wildman–Crippen MR) is 82.2 cm³/mol. The van der Waals surface area contributed by atoms with Crippen molar-refractivity contribution in [1.29, 1.82) is 0 Å². The van der Waals surface area contributed by atoms with Gasteiger partial charge in [-0.05, 0) is 49.4 Å². The van der Waals surface area contributed by atoms with Crippen LogP contribution in [0.15, 0.2) is 12.2 Å². The highest BCUT2D eigenvalue weighted by Gasteiger charge is 2.65. The van der Waals surface area contributed by atoms with E-state index in [9.17, 15) is 14.7 Å². The van der Waals surface area contributed by atoms with Crippen molar-refractivity contribution < 1.29 is 19.4 Å². The maximum Gasteiger partial charge on any atom is 0.315 e. The number of esters is 1. The second kappa shape index (κ2) is 4.47. The summed E-state index contributed by atoms with van der Waals surface area (Å²) >= 11 is 0. The molecule has 6 rings (SSSR count). The molecule has 5 fully saturated rings. The van der Waals surface area contributed by atoms with Gasteiger partial charge in [-0.3, -0.25) is 9.59 Å². The fraction of sp³-hybridized carbons (Fsp3) is 0.789. The van der Waals surface area contributed by atoms with Crippen molar-refractivity contribution >= 4 is 11.8 Å². The minimum absolute atomic E-state index is 0.0345. The Balaban J connectivity index is 1.54. The van der Waals surface area contributed by atoms with Gasteiger partial charge in [0, 0.05) is 18.3 Å². The van der Waals surface area contributed by atoms with Crippen molar-refractivity contribution in [1.82, 2.24) is 0 Å². The Hall–Kier alpha value is -1.16. The third-order valence-corrected chi connectivity index (χ3v) is 7.71. The molecule has 124 valence electrons. The van der Waals surface area contributed by atoms with Crippen LogP contribution in [0.1, 0.15) is 39.0 Å². The number of rotatable bonds is 0. The maximum absolute atomic E-state index is 12.7. The zero-order valence-electron chi connectivity index (χ0n) is 13.5. The molecule has 0 aromatic heterocycles. The van der Waals surface area contributed by atoms with E-state index in [4.69, 9.17) is 4.74 Å². The summed E-state index contributed by atoms with van der Waals surface area (Å²) in [7, 11) is 0. The van der Waals surface area contributed by atoms with Gasteiger partial charge in [-0.15, -0.1) is 0 Å². The first-order valence-electron chi connectivity index (χ1n) is 9.12. The standard InChI is InChI=1S/C19H24O4/c1-9-4-14-13(17(9)21)3-2-10-5-11-6-12-7-16(20)19(11,8-15(10)14)18(22)23-12/h2-3,9-16,20H,4-8H2,1H3/t9-,10-,11+,12-,13+,14+,15+,16+,19+/m1/s1. The van der Waals surface area contributed by atoms with Crippen LogP contribution in [-0.4, -0.2) is 29.1 Å². The van der Waals surface area contributed by atoms with Gasteiger partial charge in [-0.2, -0.15) is 0 Å². The van der Waals surface area contributed by atoms with Crippen LogP contribution in [0.2, 0.25) is 0 Å². The summed E-state index contributed by atoms with van der Waals surface area (Å²) in [6, 6.07) is 0. The number of allylic oxidation sites excluding steroid dienone is 2. The van der Waals surface area contributed by atoms with E-state index in [-0.39, 0.29) is 29.8 Å². The summed E-state index contributed by atoms with van der Waals surface area (Å²) in [6.45, 7) is 2.03. The number of fused-ring (bicyclic) bond motifs is 5. The maximum atomic E-state index is 12.7. The first-order chi connectivity index (χ1) is 11.0. The number of carbonyl (C=O) groups excluding carboxylic acids is 2. The molecule has 0 amide bonds. The fourth-order valence-electron chi connectivity index (χ4n) is 6.59. The minimum atomic E-state index is -0.694. The van der Waals surface area contributed by atoms with E-state index in [1.807, 2.05) is 6.92 Å². The molecular weight excluding hydrogens is 292 g/mol. The smallest absolute Gasteiger partial charge is 0.315 e. The number of ketones is 1. The molecule has 9 atom stereocenters. The lowest BCUT2D eigenvalue weighted by atomic mass is 9.48. The predicted octanol–water partition coefficient (Wildman–Crippen LogP) is 2.11. The van der Waals surface area contributed by atoms with Gasteiger partial charge in [0.15, 0.2) is 0 Å². The topological polar surface area (TPSA) is 63.6 Å². The van der Waals surface area contributed by atoms with Crippen LogP contribution in [0, 0.1) is 40.9 Å². The van der Waals surface area contributed by atoms with Crippen LogP contribution in [-0.2, 0) is 14.3 Å². The Morgan fingerprint density at radius 2 is 1.96 bits per heavy atom. The molecule has 0 aromatic carbocycles. The first-order valence-corrected chi connectivity index (χ1v) is 9.12. The number of aliphatic hydroxyl groups excluding tert-OH is 1. The highest BCUT2D eigenvalue weighted by atomic mass is 16.6. The molecule has 0 unspecified atom stereocenters. The quantitative estimate of drug-likeness (QED) is 0.549. The highest BCUT2D eigenvalue weighted by Crippen LogP contribution is 2.62. The molecule has 23 heavy (non-hydrogen) atoms. The van der Waals surface area contributed by atoms with E-state index >= 15 is 0 Å². The number of ether oxygens (including phenoxy) is 1. The van der Waals surface area contributed by atoms with Gasteiger partial charge in [-0.1, -0.05) is 19.1 Å². The molecule has 2 heterocycles. The molecule has 4 nitrogen and oxygen atoms in total. The van der Waals surface area contributed by atoms with E-state index in [0.717, 1.165) is 19.3 Å². The van der Waals surface area contributed by atoms with E-state index in [0.29, 0.717) is 36.4 Å². The van der Waals surface area contributed by atoms with E-state index in [1.54, 1.807) is 0 Å². The molecule has 2 saturated heterocycles. The Labute approximate surface area is 136 Å². The average molecular weight is 316 g/mol. The Bertz CT molecular complexity index is 610. The second-order valence-corrected chi connectivity index (χ2v) is 8.63. The number of hydrogen-bond donors (Lipinski definition) is 1. The molecule has 2 bridgehead atoms. The third kappa shape index (κ3) is 1.66. The van der Waals surface area contributed by atoms with E-state index in [1.165, 1.54) is 0 Å². The average Bonchev–Trinajstić information content (AvgIpc) is 2.80. The molecule has 1 spiro atoms. The van der Waals surface area contributed by atoms with Gasteiger partial charge < -0.3 is 9.84 Å². The summed E-state index contributed by atoms with van der Waals surface area (Å²) in [4.78, 5) is 25.0. The minimum Gasteiger partial charge on any atom is -0.462 e. The van der Waals surface area contributed by atoms with E-state index < -0.39 is 11.5 Å². The lowest BCUT2D eigenvalue weighted by Gasteiger charge is -2.59. The van der Waals surface area contributed by atoms with Crippen LogP contribution in [0.25, 0.3) is 0 Å². The lowest BCUT2D eigenvalue weighted by molar-refractivity contribution is -0.229. The summed E-state index contributed by atoms with van der Waals surface area (Å²) in [5, 5.41) is 10.7. The normalized spacial score (nSPS) is 56.8. The van der Waals surface area contributed by atoms with Crippen molar-refractivity contribution in [2.75, 3.05) is 0 Å². The van der Waals surface area contributed by atoms with Crippen LogP contribution < -0.4 is 0 Å². The Kier molecular flexibility index (Phi) is 2.76. The third-order valence-electron chi connectivity index (χ3n) is 7.71. The SMILES string of the molecule is C[C@@H]1C[C@@H]2[C@H]3C[C@]45C(=O)O[C@H](C[C@@H]4C[C@H]3C=C[C@@H]2C1=O)C[C@@H]5O. The van der Waals surface area contributed by atoms with Crippen molar-refractivity contribution in [3.63, 3.8) is 0 Å². The van der Waals surface area contributed by atoms with Gasteiger partial charge in [0.25, 0.3) is 0 Å². The van der Waals surface area contributed by atoms with Crippen molar-refractivity contribution in [2.24, 2.45) is 40.9 Å². The zero-order valence-corrected chi connectivity index (χ0v) is 13.5. The number of hydrogen-bond acceptors (Lipinski definition) is 4. The van der Waals surface area contributed by atoms with Crippen LogP contribution in [0.3, 0.4) is 0 Å². The van der Waals surface area contributed by atoms with Crippen LogP contribution in [0.4, 0.5) is 0 Å². The summed E-state index contributed by atoms with van der Waals surface area (Å²) in [5.41, 5.74) is -0.694. The summed E-state index contributed by atoms with van der Waals surface area (Å²) in [6.07, 6.45) is 7.85. The van der Waals surface area contributed by atoms with Crippen LogP contribution >= 0.6 is 0 Å². The molecule has 0 radical (unpaired) electrons. The number of carbonyl (C=O) groups is 2. The zero-order chi connectivity index (χ0) is 15.9. The summed E-state index contributed by atoms with van der Waals surface area (Å²) in [5.74, 6) is 1.75. The highest BCUT2D eigenvalue weighted by molar-refractivity contribution is 5.87.